The number of hydrogen-bond acceptors (Lipinski definition) is 1. The molecule has 0 bridgehead atoms. The third kappa shape index (κ3) is 2.98. The normalized spacial score (nSPS) is 26.4. The molecule has 20 heavy (non-hydrogen) atoms. The third-order valence-electron chi connectivity index (χ3n) is 4.65. The molecule has 1 saturated carbocycles. The lowest BCUT2D eigenvalue weighted by molar-refractivity contribution is -0.151. The SMILES string of the molecule is CCC1CCC(Cc2cccc(Cl)c2F)(C(=O)O)CC1. The molecule has 0 spiro atoms. The van der Waals surface area contributed by atoms with Gasteiger partial charge in [0.05, 0.1) is 10.4 Å². The summed E-state index contributed by atoms with van der Waals surface area (Å²) in [6.07, 6.45) is 4.36. The van der Waals surface area contributed by atoms with E-state index >= 15 is 0 Å². The maximum absolute atomic E-state index is 14.0. The molecule has 1 aromatic rings. The van der Waals surface area contributed by atoms with Gasteiger partial charge in [-0.15, -0.1) is 0 Å². The number of carboxylic acids is 1. The van der Waals surface area contributed by atoms with Crippen molar-refractivity contribution in [1.29, 1.82) is 0 Å². The molecule has 2 rings (SSSR count). The van der Waals surface area contributed by atoms with Crippen LogP contribution < -0.4 is 0 Å². The molecular weight excluding hydrogens is 279 g/mol. The zero-order valence-corrected chi connectivity index (χ0v) is 12.4. The highest BCUT2D eigenvalue weighted by Gasteiger charge is 2.42. The predicted molar refractivity (Wildman–Crippen MR) is 77.4 cm³/mol. The van der Waals surface area contributed by atoms with Gasteiger partial charge in [-0.05, 0) is 49.7 Å². The van der Waals surface area contributed by atoms with Crippen LogP contribution in [0.3, 0.4) is 0 Å². The van der Waals surface area contributed by atoms with E-state index in [1.165, 1.54) is 6.07 Å². The van der Waals surface area contributed by atoms with Gasteiger partial charge in [-0.3, -0.25) is 4.79 Å². The van der Waals surface area contributed by atoms with Crippen LogP contribution in [0.4, 0.5) is 4.39 Å². The summed E-state index contributed by atoms with van der Waals surface area (Å²) in [5.74, 6) is -0.689. The second-order valence-corrected chi connectivity index (χ2v) is 6.23. The Bertz CT molecular complexity index is 493. The molecule has 0 unspecified atom stereocenters. The average Bonchev–Trinajstić information content (AvgIpc) is 2.44. The van der Waals surface area contributed by atoms with Crippen molar-refractivity contribution >= 4 is 17.6 Å². The van der Waals surface area contributed by atoms with Gasteiger partial charge in [-0.1, -0.05) is 37.1 Å². The van der Waals surface area contributed by atoms with E-state index in [0.717, 1.165) is 19.3 Å². The van der Waals surface area contributed by atoms with Crippen LogP contribution in [0.25, 0.3) is 0 Å². The third-order valence-corrected chi connectivity index (χ3v) is 4.95. The molecule has 1 aliphatic rings. The molecule has 0 amide bonds. The highest BCUT2D eigenvalue weighted by Crippen LogP contribution is 2.43. The van der Waals surface area contributed by atoms with Gasteiger partial charge in [0.25, 0.3) is 0 Å². The van der Waals surface area contributed by atoms with Crippen LogP contribution in [0.1, 0.15) is 44.6 Å². The molecular formula is C16H20ClFO2. The summed E-state index contributed by atoms with van der Waals surface area (Å²) >= 11 is 5.78. The van der Waals surface area contributed by atoms with Crippen molar-refractivity contribution in [3.05, 3.63) is 34.6 Å². The Morgan fingerprint density at radius 3 is 2.65 bits per heavy atom. The number of aliphatic carboxylic acids is 1. The summed E-state index contributed by atoms with van der Waals surface area (Å²) in [7, 11) is 0. The van der Waals surface area contributed by atoms with Gasteiger partial charge in [0.15, 0.2) is 0 Å². The Morgan fingerprint density at radius 2 is 2.10 bits per heavy atom. The van der Waals surface area contributed by atoms with E-state index in [1.807, 2.05) is 0 Å². The number of benzene rings is 1. The number of carboxylic acid groups (broad SMARTS) is 1. The van der Waals surface area contributed by atoms with Crippen LogP contribution in [0.15, 0.2) is 18.2 Å². The first-order valence-electron chi connectivity index (χ1n) is 7.15. The summed E-state index contributed by atoms with van der Waals surface area (Å²) in [5.41, 5.74) is -0.424. The highest BCUT2D eigenvalue weighted by molar-refractivity contribution is 6.30. The molecule has 0 radical (unpaired) electrons. The van der Waals surface area contributed by atoms with Gasteiger partial charge in [0.2, 0.25) is 0 Å². The van der Waals surface area contributed by atoms with Gasteiger partial charge < -0.3 is 5.11 Å². The minimum Gasteiger partial charge on any atom is -0.481 e. The lowest BCUT2D eigenvalue weighted by Gasteiger charge is -2.36. The van der Waals surface area contributed by atoms with Crippen LogP contribution >= 0.6 is 11.6 Å². The van der Waals surface area contributed by atoms with Crippen molar-refractivity contribution in [3.8, 4) is 0 Å². The van der Waals surface area contributed by atoms with E-state index in [-0.39, 0.29) is 11.4 Å². The van der Waals surface area contributed by atoms with E-state index < -0.39 is 17.2 Å². The van der Waals surface area contributed by atoms with Crippen LogP contribution in [-0.4, -0.2) is 11.1 Å². The number of hydrogen-bond donors (Lipinski definition) is 1. The number of halogens is 2. The zero-order valence-electron chi connectivity index (χ0n) is 11.7. The maximum Gasteiger partial charge on any atom is 0.309 e. The van der Waals surface area contributed by atoms with E-state index in [1.54, 1.807) is 12.1 Å². The Kier molecular flexibility index (Phi) is 4.69. The summed E-state index contributed by atoms with van der Waals surface area (Å²) in [4.78, 5) is 11.7. The molecule has 0 aliphatic heterocycles. The van der Waals surface area contributed by atoms with Crippen LogP contribution in [-0.2, 0) is 11.2 Å². The van der Waals surface area contributed by atoms with Gasteiger partial charge in [0, 0.05) is 0 Å². The summed E-state index contributed by atoms with van der Waals surface area (Å²) in [5, 5.41) is 9.67. The van der Waals surface area contributed by atoms with Gasteiger partial charge in [0.1, 0.15) is 5.82 Å². The van der Waals surface area contributed by atoms with Crippen molar-refractivity contribution in [2.75, 3.05) is 0 Å². The Balaban J connectivity index is 2.22. The predicted octanol–water partition coefficient (Wildman–Crippen LogP) is 4.69. The molecule has 1 aromatic carbocycles. The summed E-state index contributed by atoms with van der Waals surface area (Å²) in [6.45, 7) is 2.13. The summed E-state index contributed by atoms with van der Waals surface area (Å²) < 4.78 is 14.0. The van der Waals surface area contributed by atoms with Gasteiger partial charge >= 0.3 is 5.97 Å². The summed E-state index contributed by atoms with van der Waals surface area (Å²) in [6, 6.07) is 4.80. The smallest absolute Gasteiger partial charge is 0.309 e. The molecule has 2 nitrogen and oxygen atoms in total. The molecule has 1 aliphatic carbocycles. The molecule has 1 N–H and O–H groups in total. The minimum absolute atomic E-state index is 0.0604. The standard InChI is InChI=1S/C16H20ClFO2/c1-2-11-6-8-16(9-7-11,15(19)20)10-12-4-3-5-13(17)14(12)18/h3-5,11H,2,6-10H2,1H3,(H,19,20). The van der Waals surface area contributed by atoms with Crippen molar-refractivity contribution in [2.24, 2.45) is 11.3 Å². The zero-order chi connectivity index (χ0) is 14.8. The Labute approximate surface area is 123 Å². The van der Waals surface area contributed by atoms with Crippen molar-refractivity contribution in [2.45, 2.75) is 45.4 Å². The fourth-order valence-electron chi connectivity index (χ4n) is 3.15. The van der Waals surface area contributed by atoms with Crippen LogP contribution in [0.2, 0.25) is 5.02 Å². The van der Waals surface area contributed by atoms with E-state index in [9.17, 15) is 14.3 Å². The topological polar surface area (TPSA) is 37.3 Å². The van der Waals surface area contributed by atoms with E-state index in [2.05, 4.69) is 6.92 Å². The first-order valence-corrected chi connectivity index (χ1v) is 7.52. The minimum atomic E-state index is -0.836. The number of carbonyl (C=O) groups is 1. The fourth-order valence-corrected chi connectivity index (χ4v) is 3.35. The van der Waals surface area contributed by atoms with Gasteiger partial charge in [-0.2, -0.15) is 0 Å². The molecule has 0 atom stereocenters. The highest BCUT2D eigenvalue weighted by atomic mass is 35.5. The number of rotatable bonds is 4. The molecule has 0 aromatic heterocycles. The molecule has 110 valence electrons. The molecule has 0 saturated heterocycles. The van der Waals surface area contributed by atoms with Crippen molar-refractivity contribution in [1.82, 2.24) is 0 Å². The van der Waals surface area contributed by atoms with Crippen LogP contribution in [0, 0.1) is 17.2 Å². The lowest BCUT2D eigenvalue weighted by Crippen LogP contribution is -2.37. The molecule has 1 fully saturated rings. The van der Waals surface area contributed by atoms with Crippen molar-refractivity contribution in [3.63, 3.8) is 0 Å². The average molecular weight is 299 g/mol. The largest absolute Gasteiger partial charge is 0.481 e. The molecule has 0 heterocycles. The monoisotopic (exact) mass is 298 g/mol. The second kappa shape index (κ2) is 6.13. The first-order chi connectivity index (χ1) is 9.48. The lowest BCUT2D eigenvalue weighted by atomic mass is 9.67. The second-order valence-electron chi connectivity index (χ2n) is 5.83. The Morgan fingerprint density at radius 1 is 1.45 bits per heavy atom. The van der Waals surface area contributed by atoms with Crippen LogP contribution in [0.5, 0.6) is 0 Å². The molecule has 4 heteroatoms. The first kappa shape index (κ1) is 15.3. The van der Waals surface area contributed by atoms with E-state index in [4.69, 9.17) is 11.6 Å². The van der Waals surface area contributed by atoms with E-state index in [0.29, 0.717) is 24.3 Å². The fraction of sp³-hybridized carbons (Fsp3) is 0.562. The van der Waals surface area contributed by atoms with Gasteiger partial charge in [-0.25, -0.2) is 4.39 Å². The maximum atomic E-state index is 14.0. The van der Waals surface area contributed by atoms with Crippen molar-refractivity contribution < 1.29 is 14.3 Å². The quantitative estimate of drug-likeness (QED) is 0.875. The Hall–Kier alpha value is -1.09.